The third-order valence-corrected chi connectivity index (χ3v) is 2.56. The van der Waals surface area contributed by atoms with E-state index < -0.39 is 5.60 Å². The number of rotatable bonds is 2. The molecule has 0 aromatic rings. The Kier molecular flexibility index (Phi) is 2.86. The van der Waals surface area contributed by atoms with Crippen LogP contribution in [0.15, 0.2) is 9.98 Å². The molecule has 1 N–H and O–H groups in total. The largest absolute Gasteiger partial charge is 0.382 e. The Morgan fingerprint density at radius 1 is 1.54 bits per heavy atom. The first-order valence-electron chi connectivity index (χ1n) is 4.82. The number of hydrogen-bond acceptors (Lipinski definition) is 3. The van der Waals surface area contributed by atoms with Crippen LogP contribution in [0.2, 0.25) is 0 Å². The Balaban J connectivity index is 2.86. The van der Waals surface area contributed by atoms with Crippen molar-refractivity contribution in [2.75, 3.05) is 6.54 Å². The summed E-state index contributed by atoms with van der Waals surface area (Å²) < 4.78 is 0. The van der Waals surface area contributed by atoms with Gasteiger partial charge in [0.15, 0.2) is 0 Å². The van der Waals surface area contributed by atoms with E-state index in [9.17, 15) is 5.11 Å². The van der Waals surface area contributed by atoms with E-state index in [-0.39, 0.29) is 0 Å². The number of nitrogens with zero attached hydrogens (tertiary/aromatic N) is 2. The molecule has 1 atom stereocenters. The van der Waals surface area contributed by atoms with Crippen LogP contribution >= 0.6 is 0 Å². The highest BCUT2D eigenvalue weighted by atomic mass is 16.3. The molecule has 1 rings (SSSR count). The van der Waals surface area contributed by atoms with Crippen molar-refractivity contribution in [3.05, 3.63) is 0 Å². The summed E-state index contributed by atoms with van der Waals surface area (Å²) in [7, 11) is 0. The van der Waals surface area contributed by atoms with Gasteiger partial charge in [-0.15, -0.1) is 0 Å². The van der Waals surface area contributed by atoms with Crippen molar-refractivity contribution in [2.24, 2.45) is 15.9 Å². The molecule has 0 aliphatic carbocycles. The fourth-order valence-corrected chi connectivity index (χ4v) is 1.32. The third-order valence-electron chi connectivity index (χ3n) is 2.56. The molecule has 1 aliphatic rings. The van der Waals surface area contributed by atoms with E-state index in [0.717, 1.165) is 11.5 Å². The van der Waals surface area contributed by atoms with Crippen molar-refractivity contribution in [2.45, 2.75) is 39.7 Å². The predicted molar refractivity (Wildman–Crippen MR) is 55.5 cm³/mol. The molecule has 0 bridgehead atoms. The Hall–Kier alpha value is -0.700. The molecule has 3 nitrogen and oxygen atoms in total. The van der Waals surface area contributed by atoms with Crippen LogP contribution in [0.1, 0.15) is 34.1 Å². The monoisotopic (exact) mass is 182 g/mol. The summed E-state index contributed by atoms with van der Waals surface area (Å²) in [5, 5.41) is 10.0. The molecule has 74 valence electrons. The second kappa shape index (κ2) is 3.58. The van der Waals surface area contributed by atoms with Gasteiger partial charge in [-0.1, -0.05) is 20.8 Å². The highest BCUT2D eigenvalue weighted by Crippen LogP contribution is 2.19. The van der Waals surface area contributed by atoms with Gasteiger partial charge < -0.3 is 5.11 Å². The van der Waals surface area contributed by atoms with Crippen LogP contribution < -0.4 is 0 Å². The normalized spacial score (nSPS) is 28.8. The predicted octanol–water partition coefficient (Wildman–Crippen LogP) is 1.66. The van der Waals surface area contributed by atoms with Gasteiger partial charge in [-0.25, -0.2) is 4.99 Å². The Labute approximate surface area is 79.6 Å². The summed E-state index contributed by atoms with van der Waals surface area (Å²) in [4.78, 5) is 8.60. The van der Waals surface area contributed by atoms with Crippen molar-refractivity contribution >= 4 is 11.5 Å². The van der Waals surface area contributed by atoms with Crippen LogP contribution in [0.5, 0.6) is 0 Å². The molecule has 0 saturated heterocycles. The summed E-state index contributed by atoms with van der Waals surface area (Å²) in [6.45, 7) is 8.42. The summed E-state index contributed by atoms with van der Waals surface area (Å²) in [5.74, 6) is 1.20. The maximum absolute atomic E-state index is 10.0. The fraction of sp³-hybridized carbons (Fsp3) is 0.800. The first-order valence-corrected chi connectivity index (χ1v) is 4.82. The van der Waals surface area contributed by atoms with Gasteiger partial charge in [-0.3, -0.25) is 4.99 Å². The highest BCUT2D eigenvalue weighted by molar-refractivity contribution is 6.03. The molecule has 1 aliphatic heterocycles. The van der Waals surface area contributed by atoms with Crippen LogP contribution in [0.3, 0.4) is 0 Å². The molecule has 1 heterocycles. The van der Waals surface area contributed by atoms with Gasteiger partial charge in [-0.05, 0) is 13.3 Å². The molecule has 0 fully saturated rings. The lowest BCUT2D eigenvalue weighted by Crippen LogP contribution is -2.43. The van der Waals surface area contributed by atoms with Crippen molar-refractivity contribution in [1.29, 1.82) is 0 Å². The lowest BCUT2D eigenvalue weighted by Gasteiger charge is -2.28. The van der Waals surface area contributed by atoms with Crippen LogP contribution in [-0.4, -0.2) is 28.8 Å². The molecular formula is C10H18N2O. The highest BCUT2D eigenvalue weighted by Gasteiger charge is 2.31. The van der Waals surface area contributed by atoms with Gasteiger partial charge in [0.05, 0.1) is 12.3 Å². The zero-order chi connectivity index (χ0) is 10.1. The molecular weight excluding hydrogens is 164 g/mol. The first-order chi connectivity index (χ1) is 5.99. The van der Waals surface area contributed by atoms with Gasteiger partial charge in [0.25, 0.3) is 0 Å². The number of amidine groups is 1. The van der Waals surface area contributed by atoms with Crippen molar-refractivity contribution in [3.8, 4) is 0 Å². The summed E-state index contributed by atoms with van der Waals surface area (Å²) >= 11 is 0. The minimum Gasteiger partial charge on any atom is -0.382 e. The Morgan fingerprint density at radius 3 is 2.54 bits per heavy atom. The maximum atomic E-state index is 10.0. The van der Waals surface area contributed by atoms with E-state index in [1.165, 1.54) is 0 Å². The topological polar surface area (TPSA) is 45.0 Å². The molecule has 0 aromatic heterocycles. The molecule has 0 aromatic carbocycles. The minimum atomic E-state index is -0.793. The van der Waals surface area contributed by atoms with Gasteiger partial charge >= 0.3 is 0 Å². The van der Waals surface area contributed by atoms with Gasteiger partial charge in [0.2, 0.25) is 0 Å². The molecule has 0 radical (unpaired) electrons. The van der Waals surface area contributed by atoms with E-state index in [1.807, 2.05) is 13.8 Å². The van der Waals surface area contributed by atoms with Crippen molar-refractivity contribution in [3.63, 3.8) is 0 Å². The first kappa shape index (κ1) is 10.4. The van der Waals surface area contributed by atoms with E-state index >= 15 is 0 Å². The molecule has 0 saturated carbocycles. The third kappa shape index (κ3) is 1.97. The average Bonchev–Trinajstić information content (AvgIpc) is 2.09. The number of aliphatic hydroxyl groups is 1. The van der Waals surface area contributed by atoms with Crippen LogP contribution in [0, 0.1) is 5.92 Å². The maximum Gasteiger partial charge on any atom is 0.125 e. The average molecular weight is 182 g/mol. The second-order valence-corrected chi connectivity index (χ2v) is 3.91. The molecule has 13 heavy (non-hydrogen) atoms. The van der Waals surface area contributed by atoms with E-state index in [2.05, 4.69) is 23.8 Å². The van der Waals surface area contributed by atoms with Crippen LogP contribution in [0.4, 0.5) is 0 Å². The van der Waals surface area contributed by atoms with E-state index in [1.54, 1.807) is 0 Å². The molecule has 1 unspecified atom stereocenters. The van der Waals surface area contributed by atoms with Gasteiger partial charge in [-0.2, -0.15) is 0 Å². The van der Waals surface area contributed by atoms with Crippen molar-refractivity contribution < 1.29 is 5.11 Å². The number of hydrogen-bond donors (Lipinski definition) is 1. The lowest BCUT2D eigenvalue weighted by atomic mass is 9.94. The summed E-state index contributed by atoms with van der Waals surface area (Å²) in [5.41, 5.74) is 0.00646. The summed E-state index contributed by atoms with van der Waals surface area (Å²) in [6, 6.07) is 0. The van der Waals surface area contributed by atoms with Crippen LogP contribution in [-0.2, 0) is 0 Å². The fourth-order valence-electron chi connectivity index (χ4n) is 1.32. The van der Waals surface area contributed by atoms with Gasteiger partial charge in [0, 0.05) is 5.92 Å². The molecule has 0 amide bonds. The lowest BCUT2D eigenvalue weighted by molar-refractivity contribution is 0.115. The van der Waals surface area contributed by atoms with Crippen molar-refractivity contribution in [1.82, 2.24) is 0 Å². The number of aliphatic imine (C=N–C) groups is 2. The smallest absolute Gasteiger partial charge is 0.125 e. The second-order valence-electron chi connectivity index (χ2n) is 3.91. The van der Waals surface area contributed by atoms with E-state index in [4.69, 9.17) is 0 Å². The quantitative estimate of drug-likeness (QED) is 0.693. The molecule has 0 spiro atoms. The van der Waals surface area contributed by atoms with E-state index in [0.29, 0.717) is 18.9 Å². The Morgan fingerprint density at radius 2 is 2.15 bits per heavy atom. The zero-order valence-corrected chi connectivity index (χ0v) is 8.83. The van der Waals surface area contributed by atoms with Crippen LogP contribution in [0.25, 0.3) is 0 Å². The standard InChI is InChI=1S/C10H18N2O/c1-5-10(13)6-11-9(7(2)3)12-8(10)4/h7,13H,5-6H2,1-4H3. The minimum absolute atomic E-state index is 0.344. The Bertz CT molecular complexity index is 256. The zero-order valence-electron chi connectivity index (χ0n) is 8.83. The van der Waals surface area contributed by atoms with Gasteiger partial charge in [0.1, 0.15) is 11.4 Å². The summed E-state index contributed by atoms with van der Waals surface area (Å²) in [6.07, 6.45) is 0.678. The SMILES string of the molecule is CCC1(O)CN=C(C(C)C)N=C1C. The molecule has 3 heteroatoms.